The van der Waals surface area contributed by atoms with Gasteiger partial charge in [-0.1, -0.05) is 56.3 Å². The van der Waals surface area contributed by atoms with Crippen molar-refractivity contribution in [1.29, 1.82) is 0 Å². The van der Waals surface area contributed by atoms with E-state index in [0.29, 0.717) is 6.04 Å². The third-order valence-electron chi connectivity index (χ3n) is 4.25. The maximum Gasteiger partial charge on any atom is 0.122 e. The molecule has 0 amide bonds. The number of hydrogen-bond donors (Lipinski definition) is 1. The fourth-order valence-corrected chi connectivity index (χ4v) is 3.15. The summed E-state index contributed by atoms with van der Waals surface area (Å²) in [5.74, 6) is 0. The van der Waals surface area contributed by atoms with Crippen LogP contribution in [0.2, 0.25) is 0 Å². The van der Waals surface area contributed by atoms with Crippen LogP contribution < -0.4 is 4.90 Å². The van der Waals surface area contributed by atoms with Crippen LogP contribution in [0.3, 0.4) is 0 Å². The van der Waals surface area contributed by atoms with Crippen molar-refractivity contribution in [2.24, 2.45) is 0 Å². The van der Waals surface area contributed by atoms with Crippen molar-refractivity contribution in [1.82, 2.24) is 15.4 Å². The highest BCUT2D eigenvalue weighted by molar-refractivity contribution is 5.87. The Morgan fingerprint density at radius 2 is 1.46 bits per heavy atom. The molecule has 0 spiro atoms. The summed E-state index contributed by atoms with van der Waals surface area (Å²) in [6, 6.07) is 17.3. The van der Waals surface area contributed by atoms with E-state index in [9.17, 15) is 0 Å². The molecule has 4 rings (SSSR count). The molecule has 0 atom stereocenters. The molecule has 0 saturated carbocycles. The molecule has 1 aromatic heterocycles. The summed E-state index contributed by atoms with van der Waals surface area (Å²) in [4.78, 5) is 2.42. The van der Waals surface area contributed by atoms with Crippen LogP contribution in [0.1, 0.15) is 33.3 Å². The molecule has 1 N–H and O–H groups in total. The van der Waals surface area contributed by atoms with Crippen LogP contribution in [0.4, 0.5) is 5.69 Å². The van der Waals surface area contributed by atoms with Crippen LogP contribution >= 0.6 is 0 Å². The van der Waals surface area contributed by atoms with E-state index in [1.807, 2.05) is 13.8 Å². The fourth-order valence-electron chi connectivity index (χ4n) is 3.15. The minimum Gasteiger partial charge on any atom is -0.364 e. The van der Waals surface area contributed by atoms with Gasteiger partial charge in [-0.3, -0.25) is 0 Å². The Morgan fingerprint density at radius 1 is 0.875 bits per heavy atom. The Hall–Kier alpha value is -2.62. The highest BCUT2D eigenvalue weighted by atomic mass is 15.3. The summed E-state index contributed by atoms with van der Waals surface area (Å²) >= 11 is 0. The number of H-pyrrole nitrogens is 1. The number of nitrogens with one attached hydrogen (secondary N) is 1. The van der Waals surface area contributed by atoms with E-state index in [1.165, 1.54) is 11.3 Å². The first-order chi connectivity index (χ1) is 11.8. The average molecular weight is 320 g/mol. The lowest BCUT2D eigenvalue weighted by Gasteiger charge is -2.32. The van der Waals surface area contributed by atoms with Crippen LogP contribution in [0, 0.1) is 0 Å². The van der Waals surface area contributed by atoms with Gasteiger partial charge in [0.2, 0.25) is 0 Å². The lowest BCUT2D eigenvalue weighted by molar-refractivity contribution is 0.683. The van der Waals surface area contributed by atoms with Crippen molar-refractivity contribution in [3.8, 4) is 22.5 Å². The molecule has 124 valence electrons. The SMILES string of the molecule is CC.CC(C)N1Cc2ccccc2-c2n[nH]nc2-c2ccccc21. The summed E-state index contributed by atoms with van der Waals surface area (Å²) in [6.45, 7) is 9.33. The number of aromatic nitrogens is 3. The molecule has 1 aliphatic heterocycles. The maximum absolute atomic E-state index is 4.43. The van der Waals surface area contributed by atoms with Gasteiger partial charge in [-0.25, -0.2) is 0 Å². The van der Waals surface area contributed by atoms with Crippen molar-refractivity contribution >= 4 is 5.69 Å². The molecule has 3 aromatic rings. The number of benzene rings is 2. The van der Waals surface area contributed by atoms with Crippen molar-refractivity contribution < 1.29 is 0 Å². The molecule has 0 fully saturated rings. The predicted octanol–water partition coefficient (Wildman–Crippen LogP) is 4.89. The number of nitrogens with zero attached hydrogens (tertiary/aromatic N) is 3. The van der Waals surface area contributed by atoms with Gasteiger partial charge in [-0.05, 0) is 25.5 Å². The van der Waals surface area contributed by atoms with Crippen LogP contribution in [0.25, 0.3) is 22.5 Å². The Kier molecular flexibility index (Phi) is 4.65. The van der Waals surface area contributed by atoms with Gasteiger partial charge in [0, 0.05) is 29.4 Å². The lowest BCUT2D eigenvalue weighted by atomic mass is 9.95. The summed E-state index contributed by atoms with van der Waals surface area (Å²) in [5.41, 5.74) is 6.64. The monoisotopic (exact) mass is 320 g/mol. The van der Waals surface area contributed by atoms with Crippen LogP contribution in [0.15, 0.2) is 48.5 Å². The highest BCUT2D eigenvalue weighted by Crippen LogP contribution is 2.40. The lowest BCUT2D eigenvalue weighted by Crippen LogP contribution is -2.31. The Labute approximate surface area is 143 Å². The maximum atomic E-state index is 4.43. The molecule has 2 heterocycles. The average Bonchev–Trinajstić information content (AvgIpc) is 3.09. The second-order valence-electron chi connectivity index (χ2n) is 5.92. The van der Waals surface area contributed by atoms with E-state index in [1.54, 1.807) is 0 Å². The number of para-hydroxylation sites is 1. The van der Waals surface area contributed by atoms with Gasteiger partial charge < -0.3 is 4.90 Å². The molecule has 0 saturated heterocycles. The van der Waals surface area contributed by atoms with Gasteiger partial charge in [0.15, 0.2) is 0 Å². The number of aromatic amines is 1. The Bertz CT molecular complexity index is 820. The molecule has 24 heavy (non-hydrogen) atoms. The molecule has 4 heteroatoms. The second kappa shape index (κ2) is 6.87. The standard InChI is InChI=1S/C18H18N4.C2H6/c1-12(2)22-11-13-7-3-4-8-14(13)17-18(20-21-19-17)15-9-5-6-10-16(15)22;1-2/h3-10,12H,11H2,1-2H3,(H,19,20,21);1-2H3. The third-order valence-corrected chi connectivity index (χ3v) is 4.25. The van der Waals surface area contributed by atoms with Gasteiger partial charge in [-0.2, -0.15) is 15.4 Å². The molecule has 2 aromatic carbocycles. The van der Waals surface area contributed by atoms with Crippen molar-refractivity contribution in [2.75, 3.05) is 4.90 Å². The largest absolute Gasteiger partial charge is 0.364 e. The summed E-state index contributed by atoms with van der Waals surface area (Å²) < 4.78 is 0. The molecule has 0 aliphatic carbocycles. The van der Waals surface area contributed by atoms with E-state index in [2.05, 4.69) is 82.7 Å². The van der Waals surface area contributed by atoms with Crippen LogP contribution in [-0.2, 0) is 6.54 Å². The van der Waals surface area contributed by atoms with Crippen molar-refractivity contribution in [3.05, 3.63) is 54.1 Å². The molecule has 1 aliphatic rings. The zero-order valence-corrected chi connectivity index (χ0v) is 14.7. The number of rotatable bonds is 1. The minimum atomic E-state index is 0.405. The van der Waals surface area contributed by atoms with Gasteiger partial charge in [-0.15, -0.1) is 0 Å². The summed E-state index contributed by atoms with van der Waals surface area (Å²) in [5, 5.41) is 11.6. The number of hydrogen-bond acceptors (Lipinski definition) is 3. The number of anilines is 1. The normalized spacial score (nSPS) is 12.3. The zero-order chi connectivity index (χ0) is 17.1. The van der Waals surface area contributed by atoms with Gasteiger partial charge >= 0.3 is 0 Å². The highest BCUT2D eigenvalue weighted by Gasteiger charge is 2.25. The quantitative estimate of drug-likeness (QED) is 0.694. The molecule has 4 nitrogen and oxygen atoms in total. The molecule has 0 unspecified atom stereocenters. The van der Waals surface area contributed by atoms with E-state index < -0.39 is 0 Å². The van der Waals surface area contributed by atoms with Crippen LogP contribution in [-0.4, -0.2) is 21.5 Å². The Morgan fingerprint density at radius 3 is 2.17 bits per heavy atom. The van der Waals surface area contributed by atoms with Crippen molar-refractivity contribution in [3.63, 3.8) is 0 Å². The van der Waals surface area contributed by atoms with E-state index in [4.69, 9.17) is 0 Å². The molecular formula is C20H24N4. The Balaban J connectivity index is 0.000000815. The van der Waals surface area contributed by atoms with Gasteiger partial charge in [0.05, 0.1) is 0 Å². The first-order valence-electron chi connectivity index (χ1n) is 8.61. The zero-order valence-electron chi connectivity index (χ0n) is 14.7. The topological polar surface area (TPSA) is 44.8 Å². The van der Waals surface area contributed by atoms with E-state index in [-0.39, 0.29) is 0 Å². The van der Waals surface area contributed by atoms with Crippen LogP contribution in [0.5, 0.6) is 0 Å². The van der Waals surface area contributed by atoms with E-state index >= 15 is 0 Å². The second-order valence-corrected chi connectivity index (χ2v) is 5.92. The molecule has 0 bridgehead atoms. The smallest absolute Gasteiger partial charge is 0.122 e. The van der Waals surface area contributed by atoms with Gasteiger partial charge in [0.25, 0.3) is 0 Å². The summed E-state index contributed by atoms with van der Waals surface area (Å²) in [6.07, 6.45) is 0. The fraction of sp³-hybridized carbons (Fsp3) is 0.300. The summed E-state index contributed by atoms with van der Waals surface area (Å²) in [7, 11) is 0. The molecular weight excluding hydrogens is 296 g/mol. The molecule has 0 radical (unpaired) electrons. The number of fused-ring (bicyclic) bond motifs is 5. The van der Waals surface area contributed by atoms with Crippen molar-refractivity contribution in [2.45, 2.75) is 40.3 Å². The predicted molar refractivity (Wildman–Crippen MR) is 99.9 cm³/mol. The van der Waals surface area contributed by atoms with E-state index in [0.717, 1.165) is 29.1 Å². The minimum absolute atomic E-state index is 0.405. The van der Waals surface area contributed by atoms with Gasteiger partial charge in [0.1, 0.15) is 11.4 Å². The first kappa shape index (κ1) is 16.2. The first-order valence-corrected chi connectivity index (χ1v) is 8.61. The third kappa shape index (κ3) is 2.68.